The molecule has 2 heteroatoms. The van der Waals surface area contributed by atoms with Crippen molar-refractivity contribution in [2.45, 2.75) is 58.3 Å². The highest BCUT2D eigenvalue weighted by Crippen LogP contribution is 2.50. The van der Waals surface area contributed by atoms with Crippen LogP contribution in [0.25, 0.3) is 0 Å². The average molecular weight is 271 g/mol. The Morgan fingerprint density at radius 2 is 1.70 bits per heavy atom. The first-order chi connectivity index (χ1) is 9.28. The molecule has 0 spiro atoms. The van der Waals surface area contributed by atoms with E-state index in [1.807, 2.05) is 0 Å². The molecule has 108 valence electrons. The zero-order valence-corrected chi connectivity index (χ0v) is 13.3. The van der Waals surface area contributed by atoms with Crippen LogP contribution in [-0.4, -0.2) is 19.4 Å². The molecule has 2 nitrogen and oxygen atoms in total. The van der Waals surface area contributed by atoms with Gasteiger partial charge in [-0.3, -0.25) is 4.79 Å². The molecule has 2 heterocycles. The molecule has 3 rings (SSSR count). The molecule has 20 heavy (non-hydrogen) atoms. The first-order valence-electron chi connectivity index (χ1n) is 7.66. The van der Waals surface area contributed by atoms with Gasteiger partial charge in [-0.15, -0.1) is 0 Å². The van der Waals surface area contributed by atoms with E-state index >= 15 is 0 Å². The van der Waals surface area contributed by atoms with Gasteiger partial charge in [0, 0.05) is 24.3 Å². The van der Waals surface area contributed by atoms with Crippen molar-refractivity contribution in [3.8, 4) is 0 Å². The molecular weight excluding hydrogens is 246 g/mol. The SMILES string of the molecule is Cc1c(C=O)cc2c3c1C(C)(C)CCN3CCC2(C)C. The third-order valence-corrected chi connectivity index (χ3v) is 5.46. The van der Waals surface area contributed by atoms with Crippen molar-refractivity contribution in [2.75, 3.05) is 18.0 Å². The number of nitrogens with zero attached hydrogens (tertiary/aromatic N) is 1. The number of carbonyl (C=O) groups is 1. The Labute approximate surface area is 122 Å². The summed E-state index contributed by atoms with van der Waals surface area (Å²) in [5, 5.41) is 0. The number of benzene rings is 1. The highest BCUT2D eigenvalue weighted by atomic mass is 16.1. The molecular formula is C18H25NO. The highest BCUT2D eigenvalue weighted by molar-refractivity contribution is 5.83. The monoisotopic (exact) mass is 271 g/mol. The Morgan fingerprint density at radius 3 is 2.30 bits per heavy atom. The highest BCUT2D eigenvalue weighted by Gasteiger charge is 2.41. The molecule has 0 aromatic heterocycles. The summed E-state index contributed by atoms with van der Waals surface area (Å²) in [6, 6.07) is 2.15. The van der Waals surface area contributed by atoms with E-state index in [2.05, 4.69) is 45.6 Å². The molecule has 1 aromatic rings. The summed E-state index contributed by atoms with van der Waals surface area (Å²) < 4.78 is 0. The normalized spacial score (nSPS) is 22.4. The second-order valence-electron chi connectivity index (χ2n) is 7.73. The van der Waals surface area contributed by atoms with Crippen LogP contribution in [0.3, 0.4) is 0 Å². The van der Waals surface area contributed by atoms with Gasteiger partial charge in [-0.25, -0.2) is 0 Å². The van der Waals surface area contributed by atoms with E-state index in [0.29, 0.717) is 0 Å². The Kier molecular flexibility index (Phi) is 2.80. The van der Waals surface area contributed by atoms with Crippen LogP contribution < -0.4 is 4.90 Å². The van der Waals surface area contributed by atoms with Crippen LogP contribution in [0.15, 0.2) is 6.07 Å². The second-order valence-corrected chi connectivity index (χ2v) is 7.73. The van der Waals surface area contributed by atoms with Gasteiger partial charge in [0.2, 0.25) is 0 Å². The molecule has 0 atom stereocenters. The quantitative estimate of drug-likeness (QED) is 0.720. The maximum Gasteiger partial charge on any atom is 0.150 e. The molecule has 0 radical (unpaired) electrons. The molecule has 2 aliphatic rings. The maximum atomic E-state index is 11.5. The molecule has 0 aliphatic carbocycles. The third kappa shape index (κ3) is 1.73. The van der Waals surface area contributed by atoms with Crippen LogP contribution in [0.2, 0.25) is 0 Å². The molecule has 0 N–H and O–H groups in total. The van der Waals surface area contributed by atoms with Crippen LogP contribution in [0.1, 0.15) is 67.6 Å². The van der Waals surface area contributed by atoms with Gasteiger partial charge in [-0.1, -0.05) is 27.7 Å². The van der Waals surface area contributed by atoms with Crippen molar-refractivity contribution in [3.63, 3.8) is 0 Å². The van der Waals surface area contributed by atoms with E-state index in [0.717, 1.165) is 24.9 Å². The molecule has 0 unspecified atom stereocenters. The third-order valence-electron chi connectivity index (χ3n) is 5.46. The van der Waals surface area contributed by atoms with Gasteiger partial charge in [0.25, 0.3) is 0 Å². The lowest BCUT2D eigenvalue weighted by Gasteiger charge is -2.49. The fourth-order valence-corrected chi connectivity index (χ4v) is 4.01. The van der Waals surface area contributed by atoms with E-state index in [9.17, 15) is 4.79 Å². The molecule has 0 amide bonds. The Morgan fingerprint density at radius 1 is 1.10 bits per heavy atom. The van der Waals surface area contributed by atoms with Gasteiger partial charge in [0.1, 0.15) is 6.29 Å². The second kappa shape index (κ2) is 4.09. The van der Waals surface area contributed by atoms with Gasteiger partial charge in [-0.2, -0.15) is 0 Å². The fourth-order valence-electron chi connectivity index (χ4n) is 4.01. The summed E-state index contributed by atoms with van der Waals surface area (Å²) in [5.74, 6) is 0. The van der Waals surface area contributed by atoms with Gasteiger partial charge in [-0.05, 0) is 53.4 Å². The zero-order valence-electron chi connectivity index (χ0n) is 13.3. The smallest absolute Gasteiger partial charge is 0.150 e. The topological polar surface area (TPSA) is 20.3 Å². The number of hydrogen-bond acceptors (Lipinski definition) is 2. The lowest BCUT2D eigenvalue weighted by Crippen LogP contribution is -2.45. The fraction of sp³-hybridized carbons (Fsp3) is 0.611. The van der Waals surface area contributed by atoms with Gasteiger partial charge < -0.3 is 4.90 Å². The molecule has 0 saturated heterocycles. The van der Waals surface area contributed by atoms with E-state index < -0.39 is 0 Å². The lowest BCUT2D eigenvalue weighted by atomic mass is 9.67. The largest absolute Gasteiger partial charge is 0.371 e. The van der Waals surface area contributed by atoms with Crippen LogP contribution in [0, 0.1) is 6.92 Å². The van der Waals surface area contributed by atoms with Crippen molar-refractivity contribution in [1.82, 2.24) is 0 Å². The van der Waals surface area contributed by atoms with E-state index in [1.54, 1.807) is 0 Å². The van der Waals surface area contributed by atoms with Crippen LogP contribution in [0.4, 0.5) is 5.69 Å². The first-order valence-corrected chi connectivity index (χ1v) is 7.66. The predicted octanol–water partition coefficient (Wildman–Crippen LogP) is 3.98. The van der Waals surface area contributed by atoms with Crippen LogP contribution in [-0.2, 0) is 10.8 Å². The zero-order chi connectivity index (χ0) is 14.7. The summed E-state index contributed by atoms with van der Waals surface area (Å²) in [6.45, 7) is 13.7. The van der Waals surface area contributed by atoms with Gasteiger partial charge in [0.15, 0.2) is 0 Å². The lowest BCUT2D eigenvalue weighted by molar-refractivity contribution is 0.112. The molecule has 0 fully saturated rings. The minimum absolute atomic E-state index is 0.164. The first kappa shape index (κ1) is 13.7. The Bertz CT molecular complexity index is 582. The summed E-state index contributed by atoms with van der Waals surface area (Å²) in [4.78, 5) is 14.0. The maximum absolute atomic E-state index is 11.5. The summed E-state index contributed by atoms with van der Waals surface area (Å²) in [5.41, 5.74) is 6.61. The molecule has 0 saturated carbocycles. The van der Waals surface area contributed by atoms with Crippen molar-refractivity contribution in [1.29, 1.82) is 0 Å². The molecule has 1 aromatic carbocycles. The Balaban J connectivity index is 2.39. The summed E-state index contributed by atoms with van der Waals surface area (Å²) >= 11 is 0. The summed E-state index contributed by atoms with van der Waals surface area (Å²) in [7, 11) is 0. The predicted molar refractivity (Wildman–Crippen MR) is 84.1 cm³/mol. The van der Waals surface area contributed by atoms with Crippen LogP contribution in [0.5, 0.6) is 0 Å². The Hall–Kier alpha value is -1.31. The van der Waals surface area contributed by atoms with E-state index in [4.69, 9.17) is 0 Å². The van der Waals surface area contributed by atoms with Crippen molar-refractivity contribution >= 4 is 12.0 Å². The van der Waals surface area contributed by atoms with Crippen molar-refractivity contribution < 1.29 is 4.79 Å². The minimum atomic E-state index is 0.164. The standard InChI is InChI=1S/C18H25NO/c1-12-13(11-20)10-14-16-15(12)18(4,5)7-9-19(16)8-6-17(14,2)3/h10-11H,6-9H2,1-5H3. The average Bonchev–Trinajstić information content (AvgIpc) is 2.36. The molecule has 0 bridgehead atoms. The molecule has 2 aliphatic heterocycles. The van der Waals surface area contributed by atoms with Crippen LogP contribution >= 0.6 is 0 Å². The van der Waals surface area contributed by atoms with Gasteiger partial charge in [0.05, 0.1) is 0 Å². The van der Waals surface area contributed by atoms with E-state index in [1.165, 1.54) is 35.2 Å². The summed E-state index contributed by atoms with van der Waals surface area (Å²) in [6.07, 6.45) is 3.37. The number of carbonyl (C=O) groups excluding carboxylic acids is 1. The number of hydrogen-bond donors (Lipinski definition) is 0. The number of aldehydes is 1. The number of rotatable bonds is 1. The van der Waals surface area contributed by atoms with Gasteiger partial charge >= 0.3 is 0 Å². The number of anilines is 1. The van der Waals surface area contributed by atoms with E-state index in [-0.39, 0.29) is 10.8 Å². The van der Waals surface area contributed by atoms with Crippen molar-refractivity contribution in [2.24, 2.45) is 0 Å². The van der Waals surface area contributed by atoms with Crippen molar-refractivity contribution in [3.05, 3.63) is 28.3 Å². The minimum Gasteiger partial charge on any atom is -0.371 e.